The lowest BCUT2D eigenvalue weighted by Gasteiger charge is -2.08. The number of rotatable bonds is 11. The minimum Gasteiger partial charge on any atom is -0.462 e. The number of nitrogens with zero attached hydrogens (tertiary/aromatic N) is 3. The Labute approximate surface area is 182 Å². The highest BCUT2D eigenvalue weighted by Crippen LogP contribution is 2.33. The molecule has 0 aliphatic carbocycles. The summed E-state index contributed by atoms with van der Waals surface area (Å²) in [6.45, 7) is 6.06. The first kappa shape index (κ1) is 25.7. The third-order valence-electron chi connectivity index (χ3n) is 3.54. The summed E-state index contributed by atoms with van der Waals surface area (Å²) in [5, 5.41) is 3.46. The van der Waals surface area contributed by atoms with E-state index >= 15 is 0 Å². The molecule has 168 valence electrons. The second kappa shape index (κ2) is 13.0. The number of hydrogen-bond donors (Lipinski definition) is 0. The normalized spacial score (nSPS) is 9.81. The van der Waals surface area contributed by atoms with E-state index in [2.05, 4.69) is 10.0 Å². The van der Waals surface area contributed by atoms with E-state index in [1.165, 1.54) is 0 Å². The van der Waals surface area contributed by atoms with Gasteiger partial charge in [-0.15, -0.1) is 11.3 Å². The SMILES string of the molecule is CCOC(=O)C(=Cc1c(C(=O)OCC)sc(C(=O)OCC)c1CN=[N+]=[N-])C(=O)OCC. The Kier molecular flexibility index (Phi) is 10.8. The fourth-order valence-electron chi connectivity index (χ4n) is 2.36. The average molecular weight is 453 g/mol. The molecule has 1 heterocycles. The third kappa shape index (κ3) is 6.83. The standard InChI is InChI=1S/C19H23N3O8S/c1-5-27-16(23)12(17(24)28-6-2)9-11-13(10-21-22-20)15(19(26)30-8-4)31-14(11)18(25)29-7-3/h9H,5-8,10H2,1-4H3. The van der Waals surface area contributed by atoms with Crippen LogP contribution in [0, 0.1) is 0 Å². The van der Waals surface area contributed by atoms with Crippen molar-refractivity contribution >= 4 is 41.3 Å². The summed E-state index contributed by atoms with van der Waals surface area (Å²) in [6.07, 6.45) is 1.07. The zero-order valence-corrected chi connectivity index (χ0v) is 18.4. The first-order valence-electron chi connectivity index (χ1n) is 9.42. The molecule has 0 atom stereocenters. The van der Waals surface area contributed by atoms with Crippen LogP contribution in [0.4, 0.5) is 0 Å². The Balaban J connectivity index is 3.84. The number of azide groups is 1. The Hall–Kier alpha value is -3.37. The largest absolute Gasteiger partial charge is 0.462 e. The van der Waals surface area contributed by atoms with Gasteiger partial charge in [0.1, 0.15) is 15.3 Å². The van der Waals surface area contributed by atoms with Gasteiger partial charge in [-0.3, -0.25) is 0 Å². The molecule has 31 heavy (non-hydrogen) atoms. The number of thiophene rings is 1. The monoisotopic (exact) mass is 453 g/mol. The molecule has 0 N–H and O–H groups in total. The smallest absolute Gasteiger partial charge is 0.348 e. The predicted octanol–water partition coefficient (Wildman–Crippen LogP) is 3.42. The molecule has 0 spiro atoms. The van der Waals surface area contributed by atoms with Crippen molar-refractivity contribution in [1.29, 1.82) is 0 Å². The Morgan fingerprint density at radius 2 is 1.35 bits per heavy atom. The van der Waals surface area contributed by atoms with E-state index in [1.807, 2.05) is 0 Å². The van der Waals surface area contributed by atoms with Crippen molar-refractivity contribution in [2.45, 2.75) is 34.2 Å². The van der Waals surface area contributed by atoms with Crippen molar-refractivity contribution in [2.75, 3.05) is 26.4 Å². The molecule has 0 saturated heterocycles. The second-order valence-electron chi connectivity index (χ2n) is 5.48. The molecule has 0 unspecified atom stereocenters. The van der Waals surface area contributed by atoms with Crippen LogP contribution in [0.25, 0.3) is 16.5 Å². The van der Waals surface area contributed by atoms with Crippen LogP contribution in [-0.4, -0.2) is 50.3 Å². The predicted molar refractivity (Wildman–Crippen MR) is 110 cm³/mol. The van der Waals surface area contributed by atoms with Gasteiger partial charge in [-0.2, -0.15) is 0 Å². The maximum Gasteiger partial charge on any atom is 0.348 e. The zero-order valence-electron chi connectivity index (χ0n) is 17.6. The highest BCUT2D eigenvalue weighted by molar-refractivity contribution is 7.16. The van der Waals surface area contributed by atoms with Crippen LogP contribution in [0.15, 0.2) is 10.7 Å². The van der Waals surface area contributed by atoms with Crippen LogP contribution in [0.3, 0.4) is 0 Å². The summed E-state index contributed by atoms with van der Waals surface area (Å²) in [5.41, 5.74) is 8.36. The fraction of sp³-hybridized carbons (Fsp3) is 0.474. The lowest BCUT2D eigenvalue weighted by Crippen LogP contribution is -2.18. The summed E-state index contributed by atoms with van der Waals surface area (Å²) in [6, 6.07) is 0. The van der Waals surface area contributed by atoms with Gasteiger partial charge in [-0.1, -0.05) is 5.11 Å². The summed E-state index contributed by atoms with van der Waals surface area (Å²) in [5.74, 6) is -3.50. The first-order chi connectivity index (χ1) is 14.9. The van der Waals surface area contributed by atoms with Crippen molar-refractivity contribution in [2.24, 2.45) is 5.11 Å². The summed E-state index contributed by atoms with van der Waals surface area (Å²) < 4.78 is 19.9. The topological polar surface area (TPSA) is 154 Å². The number of esters is 4. The summed E-state index contributed by atoms with van der Waals surface area (Å²) >= 11 is 0.744. The Morgan fingerprint density at radius 1 is 0.871 bits per heavy atom. The molecule has 1 aromatic heterocycles. The maximum absolute atomic E-state index is 12.5. The maximum atomic E-state index is 12.5. The van der Waals surface area contributed by atoms with Crippen molar-refractivity contribution in [3.63, 3.8) is 0 Å². The lowest BCUT2D eigenvalue weighted by molar-refractivity contribution is -0.146. The average Bonchev–Trinajstić information content (AvgIpc) is 3.09. The van der Waals surface area contributed by atoms with E-state index in [1.54, 1.807) is 27.7 Å². The van der Waals surface area contributed by atoms with E-state index < -0.39 is 29.5 Å². The first-order valence-corrected chi connectivity index (χ1v) is 10.2. The van der Waals surface area contributed by atoms with Crippen LogP contribution in [-0.2, 0) is 35.1 Å². The van der Waals surface area contributed by atoms with Gasteiger partial charge in [-0.05, 0) is 44.9 Å². The van der Waals surface area contributed by atoms with Crippen LogP contribution in [0.5, 0.6) is 0 Å². The van der Waals surface area contributed by atoms with Gasteiger partial charge in [0.15, 0.2) is 0 Å². The van der Waals surface area contributed by atoms with Crippen molar-refractivity contribution in [3.8, 4) is 0 Å². The number of ether oxygens (including phenoxy) is 4. The number of carbonyl (C=O) groups is 4. The van der Waals surface area contributed by atoms with Crippen molar-refractivity contribution in [3.05, 3.63) is 36.9 Å². The molecule has 0 aromatic carbocycles. The van der Waals surface area contributed by atoms with E-state index in [0.717, 1.165) is 17.4 Å². The number of carbonyl (C=O) groups excluding carboxylic acids is 4. The molecule has 0 radical (unpaired) electrons. The summed E-state index contributed by atoms with van der Waals surface area (Å²) in [4.78, 5) is 52.3. The lowest BCUT2D eigenvalue weighted by atomic mass is 10.0. The van der Waals surface area contributed by atoms with E-state index in [4.69, 9.17) is 24.5 Å². The molecule has 1 rings (SSSR count). The molecule has 0 saturated carbocycles. The highest BCUT2D eigenvalue weighted by atomic mass is 32.1. The van der Waals surface area contributed by atoms with Crippen LogP contribution in [0.2, 0.25) is 0 Å². The van der Waals surface area contributed by atoms with E-state index in [9.17, 15) is 19.2 Å². The van der Waals surface area contributed by atoms with Gasteiger partial charge in [-0.25, -0.2) is 19.2 Å². The molecule has 12 heteroatoms. The molecule has 0 amide bonds. The zero-order chi connectivity index (χ0) is 23.4. The Bertz CT molecular complexity index is 895. The molecular weight excluding hydrogens is 430 g/mol. The molecule has 0 bridgehead atoms. The van der Waals surface area contributed by atoms with Crippen LogP contribution in [0.1, 0.15) is 58.2 Å². The van der Waals surface area contributed by atoms with Crippen molar-refractivity contribution in [1.82, 2.24) is 0 Å². The molecule has 1 aromatic rings. The third-order valence-corrected chi connectivity index (χ3v) is 4.75. The van der Waals surface area contributed by atoms with Gasteiger partial charge < -0.3 is 18.9 Å². The molecule has 0 fully saturated rings. The fourth-order valence-corrected chi connectivity index (χ4v) is 3.44. The van der Waals surface area contributed by atoms with E-state index in [0.29, 0.717) is 0 Å². The van der Waals surface area contributed by atoms with Gasteiger partial charge in [0.25, 0.3) is 0 Å². The minimum atomic E-state index is -0.977. The van der Waals surface area contributed by atoms with E-state index in [-0.39, 0.29) is 53.9 Å². The van der Waals surface area contributed by atoms with Gasteiger partial charge in [0.05, 0.1) is 33.0 Å². The van der Waals surface area contributed by atoms with Crippen molar-refractivity contribution < 1.29 is 38.1 Å². The Morgan fingerprint density at radius 3 is 1.81 bits per heavy atom. The van der Waals surface area contributed by atoms with Gasteiger partial charge in [0, 0.05) is 10.5 Å². The molecular formula is C19H23N3O8S. The van der Waals surface area contributed by atoms with Crippen LogP contribution >= 0.6 is 11.3 Å². The van der Waals surface area contributed by atoms with Crippen LogP contribution < -0.4 is 0 Å². The minimum absolute atomic E-state index is 0.00927. The van der Waals surface area contributed by atoms with Gasteiger partial charge >= 0.3 is 23.9 Å². The highest BCUT2D eigenvalue weighted by Gasteiger charge is 2.29. The second-order valence-corrected chi connectivity index (χ2v) is 6.50. The molecule has 11 nitrogen and oxygen atoms in total. The molecule has 0 aliphatic heterocycles. The molecule has 0 aliphatic rings. The summed E-state index contributed by atoms with van der Waals surface area (Å²) in [7, 11) is 0. The van der Waals surface area contributed by atoms with Gasteiger partial charge in [0.2, 0.25) is 0 Å². The number of hydrogen-bond acceptors (Lipinski definition) is 10. The quantitative estimate of drug-likeness (QED) is 0.0721.